The number of amides is 4. The van der Waals surface area contributed by atoms with Crippen LogP contribution in [0, 0.1) is 5.92 Å². The molecule has 1 aromatic heterocycles. The summed E-state index contributed by atoms with van der Waals surface area (Å²) in [6.45, 7) is 4.13. The third-order valence-corrected chi connectivity index (χ3v) is 5.93. The molecule has 0 unspecified atom stereocenters. The molecule has 3 atom stereocenters. The van der Waals surface area contributed by atoms with Gasteiger partial charge in [0.15, 0.2) is 0 Å². The number of carbonyl (C=O) groups excluding carboxylic acids is 3. The van der Waals surface area contributed by atoms with Gasteiger partial charge in [-0.25, -0.2) is 14.7 Å². The third kappa shape index (κ3) is 4.34. The molecular formula is C24H27N5O3. The van der Waals surface area contributed by atoms with Crippen molar-refractivity contribution >= 4 is 34.6 Å². The van der Waals surface area contributed by atoms with Crippen LogP contribution in [0.1, 0.15) is 45.0 Å². The lowest BCUT2D eigenvalue weighted by Crippen LogP contribution is -2.35. The summed E-state index contributed by atoms with van der Waals surface area (Å²) >= 11 is 0. The third-order valence-electron chi connectivity index (χ3n) is 5.93. The number of imide groups is 1. The van der Waals surface area contributed by atoms with Gasteiger partial charge in [-0.3, -0.25) is 9.59 Å². The normalized spacial score (nSPS) is 17.9. The van der Waals surface area contributed by atoms with Crippen molar-refractivity contribution in [2.45, 2.75) is 45.2 Å². The fraction of sp³-hybridized carbons (Fsp3) is 0.333. The second-order valence-electron chi connectivity index (χ2n) is 8.12. The summed E-state index contributed by atoms with van der Waals surface area (Å²) in [6, 6.07) is 15.1. The van der Waals surface area contributed by atoms with Crippen LogP contribution in [0.4, 0.5) is 10.5 Å². The van der Waals surface area contributed by atoms with Gasteiger partial charge >= 0.3 is 6.03 Å². The Hall–Kier alpha value is -3.68. The van der Waals surface area contributed by atoms with E-state index in [1.54, 1.807) is 24.3 Å². The largest absolute Gasteiger partial charge is 0.346 e. The molecule has 4 rings (SSSR count). The van der Waals surface area contributed by atoms with Gasteiger partial charge in [-0.2, -0.15) is 0 Å². The Labute approximate surface area is 186 Å². The second kappa shape index (κ2) is 9.21. The van der Waals surface area contributed by atoms with E-state index in [2.05, 4.69) is 34.4 Å². The molecule has 0 bridgehead atoms. The number of anilines is 1. The Balaban J connectivity index is 1.40. The van der Waals surface area contributed by atoms with Gasteiger partial charge in [-0.05, 0) is 36.6 Å². The molecule has 3 aromatic rings. The van der Waals surface area contributed by atoms with E-state index in [-0.39, 0.29) is 36.6 Å². The second-order valence-corrected chi connectivity index (χ2v) is 8.12. The first-order valence-electron chi connectivity index (χ1n) is 10.9. The highest BCUT2D eigenvalue weighted by Gasteiger charge is 2.39. The van der Waals surface area contributed by atoms with E-state index in [0.717, 1.165) is 28.2 Å². The van der Waals surface area contributed by atoms with Crippen LogP contribution in [-0.4, -0.2) is 33.9 Å². The molecule has 0 radical (unpaired) electrons. The number of urea groups is 1. The first kappa shape index (κ1) is 21.5. The molecule has 32 heavy (non-hydrogen) atoms. The highest BCUT2D eigenvalue weighted by atomic mass is 16.2. The molecule has 1 aliphatic heterocycles. The number of H-pyrrole nitrogens is 1. The molecule has 2 aromatic carbocycles. The zero-order valence-corrected chi connectivity index (χ0v) is 18.2. The van der Waals surface area contributed by atoms with Crippen LogP contribution >= 0.6 is 0 Å². The molecule has 2 heterocycles. The molecule has 1 saturated heterocycles. The van der Waals surface area contributed by atoms with Crippen molar-refractivity contribution in [3.05, 3.63) is 60.4 Å². The molecule has 3 N–H and O–H groups in total. The van der Waals surface area contributed by atoms with Crippen LogP contribution in [0.2, 0.25) is 0 Å². The van der Waals surface area contributed by atoms with E-state index in [9.17, 15) is 14.4 Å². The first-order chi connectivity index (χ1) is 15.5. The number of fused-ring (bicyclic) bond motifs is 1. The molecule has 8 nitrogen and oxygen atoms in total. The van der Waals surface area contributed by atoms with Crippen LogP contribution < -0.4 is 15.5 Å². The number of imidazole rings is 1. The van der Waals surface area contributed by atoms with Gasteiger partial charge in [0.05, 0.1) is 22.8 Å². The van der Waals surface area contributed by atoms with E-state index >= 15 is 0 Å². The van der Waals surface area contributed by atoms with Crippen LogP contribution in [0.5, 0.6) is 0 Å². The van der Waals surface area contributed by atoms with E-state index in [0.29, 0.717) is 5.69 Å². The van der Waals surface area contributed by atoms with Crippen molar-refractivity contribution in [3.8, 4) is 0 Å². The fourth-order valence-electron chi connectivity index (χ4n) is 3.91. The average Bonchev–Trinajstić information content (AvgIpc) is 3.36. The highest BCUT2D eigenvalue weighted by molar-refractivity contribution is 6.21. The summed E-state index contributed by atoms with van der Waals surface area (Å²) < 4.78 is 0. The Morgan fingerprint density at radius 3 is 2.56 bits per heavy atom. The Bertz CT molecular complexity index is 1090. The number of aromatic nitrogens is 2. The van der Waals surface area contributed by atoms with Crippen molar-refractivity contribution < 1.29 is 14.4 Å². The van der Waals surface area contributed by atoms with Crippen molar-refractivity contribution in [1.82, 2.24) is 20.6 Å². The topological polar surface area (TPSA) is 107 Å². The van der Waals surface area contributed by atoms with E-state index in [1.165, 1.54) is 0 Å². The minimum atomic E-state index is -0.721. The van der Waals surface area contributed by atoms with Crippen LogP contribution in [0.15, 0.2) is 54.6 Å². The van der Waals surface area contributed by atoms with Crippen molar-refractivity contribution in [1.29, 1.82) is 0 Å². The number of rotatable bonds is 8. The summed E-state index contributed by atoms with van der Waals surface area (Å²) in [5.41, 5.74) is 2.29. The smallest absolute Gasteiger partial charge is 0.329 e. The van der Waals surface area contributed by atoms with E-state index in [1.807, 2.05) is 30.3 Å². The zero-order valence-electron chi connectivity index (χ0n) is 18.2. The molecule has 0 spiro atoms. The maximum absolute atomic E-state index is 12.8. The Kier molecular flexibility index (Phi) is 6.20. The molecule has 0 saturated carbocycles. The molecule has 8 heteroatoms. The Morgan fingerprint density at radius 2 is 1.84 bits per heavy atom. The zero-order chi connectivity index (χ0) is 22.7. The lowest BCUT2D eigenvalue weighted by Gasteiger charge is -2.22. The van der Waals surface area contributed by atoms with Gasteiger partial charge in [0, 0.05) is 6.42 Å². The maximum Gasteiger partial charge on any atom is 0.329 e. The molecule has 1 aliphatic rings. The van der Waals surface area contributed by atoms with E-state index < -0.39 is 12.1 Å². The van der Waals surface area contributed by atoms with E-state index in [4.69, 9.17) is 0 Å². The predicted octanol–water partition coefficient (Wildman–Crippen LogP) is 3.67. The molecule has 1 fully saturated rings. The van der Waals surface area contributed by atoms with Gasteiger partial charge < -0.3 is 15.6 Å². The lowest BCUT2D eigenvalue weighted by atomic mass is 9.98. The van der Waals surface area contributed by atoms with Crippen molar-refractivity contribution in [2.24, 2.45) is 5.92 Å². The number of nitrogens with zero attached hydrogens (tertiary/aromatic N) is 2. The number of para-hydroxylation sites is 3. The minimum Gasteiger partial charge on any atom is -0.346 e. The lowest BCUT2D eigenvalue weighted by molar-refractivity contribution is -0.122. The number of carbonyl (C=O) groups is 3. The quantitative estimate of drug-likeness (QED) is 0.471. The summed E-state index contributed by atoms with van der Waals surface area (Å²) in [5.74, 6) is 0.357. The minimum absolute atomic E-state index is 0.118. The fourth-order valence-corrected chi connectivity index (χ4v) is 3.91. The van der Waals surface area contributed by atoms with Gasteiger partial charge in [0.2, 0.25) is 5.91 Å². The summed E-state index contributed by atoms with van der Waals surface area (Å²) in [7, 11) is 0. The van der Waals surface area contributed by atoms with Crippen LogP contribution in [-0.2, 0) is 9.59 Å². The van der Waals surface area contributed by atoms with Gasteiger partial charge in [-0.15, -0.1) is 0 Å². The predicted molar refractivity (Wildman–Crippen MR) is 122 cm³/mol. The number of benzene rings is 2. The monoisotopic (exact) mass is 433 g/mol. The molecule has 4 amide bonds. The molecule has 166 valence electrons. The van der Waals surface area contributed by atoms with Gasteiger partial charge in [-0.1, -0.05) is 50.6 Å². The average molecular weight is 434 g/mol. The van der Waals surface area contributed by atoms with Gasteiger partial charge in [0.25, 0.3) is 5.91 Å². The summed E-state index contributed by atoms with van der Waals surface area (Å²) in [4.78, 5) is 46.9. The number of nitrogens with one attached hydrogen (secondary N) is 3. The van der Waals surface area contributed by atoms with Crippen LogP contribution in [0.3, 0.4) is 0 Å². The molecular weight excluding hydrogens is 406 g/mol. The highest BCUT2D eigenvalue weighted by Crippen LogP contribution is 2.25. The first-order valence-corrected chi connectivity index (χ1v) is 10.9. The van der Waals surface area contributed by atoms with Crippen molar-refractivity contribution in [3.63, 3.8) is 0 Å². The SMILES string of the molecule is CC[C@H](C)[C@@H](NC(=O)CC[C@@H]1NC(=O)N(c2ccccc2)C1=O)c1nc2ccccc2[nH]1. The van der Waals surface area contributed by atoms with Gasteiger partial charge in [0.1, 0.15) is 11.9 Å². The van der Waals surface area contributed by atoms with Crippen LogP contribution in [0.25, 0.3) is 11.0 Å². The molecule has 0 aliphatic carbocycles. The standard InChI is InChI=1S/C24H27N5O3/c1-3-15(2)21(22-25-17-11-7-8-12-18(17)26-22)28-20(30)14-13-19-23(31)29(24(32)27-19)16-9-5-4-6-10-16/h4-12,15,19,21H,3,13-14H2,1-2H3,(H,25,26)(H,27,32)(H,28,30)/t15-,19-,21+/m0/s1. The number of hydrogen-bond donors (Lipinski definition) is 3. The van der Waals surface area contributed by atoms with Crippen molar-refractivity contribution in [2.75, 3.05) is 4.90 Å². The Morgan fingerprint density at radius 1 is 1.12 bits per heavy atom. The maximum atomic E-state index is 12.8. The number of aromatic amines is 1. The summed E-state index contributed by atoms with van der Waals surface area (Å²) in [6.07, 6.45) is 1.21. The number of hydrogen-bond acceptors (Lipinski definition) is 4. The summed E-state index contributed by atoms with van der Waals surface area (Å²) in [5, 5.41) is 5.75.